The maximum Gasteiger partial charge on any atom is 0.325 e. The van der Waals surface area contributed by atoms with E-state index in [-0.39, 0.29) is 0 Å². The van der Waals surface area contributed by atoms with Crippen molar-refractivity contribution in [1.82, 2.24) is 0 Å². The van der Waals surface area contributed by atoms with Crippen molar-refractivity contribution in [1.29, 1.82) is 0 Å². The largest absolute Gasteiger partial charge is 0.394 e. The van der Waals surface area contributed by atoms with Gasteiger partial charge in [0.25, 0.3) is 0 Å². The highest BCUT2D eigenvalue weighted by Crippen LogP contribution is 2.32. The molecule has 0 bridgehead atoms. The summed E-state index contributed by atoms with van der Waals surface area (Å²) in [5, 5.41) is 9.59. The van der Waals surface area contributed by atoms with Crippen molar-refractivity contribution in [3.8, 4) is 0 Å². The molecule has 2 N–H and O–H groups in total. The second kappa shape index (κ2) is 3.14. The lowest BCUT2D eigenvalue weighted by Crippen LogP contribution is -2.01. The van der Waals surface area contributed by atoms with Gasteiger partial charge in [-0.25, -0.2) is 4.39 Å². The third kappa shape index (κ3) is 1.52. The lowest BCUT2D eigenvalue weighted by molar-refractivity contribution is -0.387. The molecule has 0 aromatic heterocycles. The van der Waals surface area contributed by atoms with Crippen LogP contribution in [0, 0.1) is 21.7 Å². The second-order valence-electron chi connectivity index (χ2n) is 2.17. The molecule has 7 heteroatoms. The van der Waals surface area contributed by atoms with Gasteiger partial charge in [0.15, 0.2) is 5.82 Å². The van der Waals surface area contributed by atoms with E-state index in [1.807, 2.05) is 0 Å². The SMILES string of the molecule is Nc1c(F)cc(Cl)c([N+](=O)[O-])c1F. The van der Waals surface area contributed by atoms with E-state index < -0.39 is 33.0 Å². The van der Waals surface area contributed by atoms with Crippen molar-refractivity contribution >= 4 is 23.0 Å². The smallest absolute Gasteiger partial charge is 0.325 e. The molecule has 0 radical (unpaired) electrons. The molecule has 0 fully saturated rings. The maximum atomic E-state index is 12.9. The van der Waals surface area contributed by atoms with Crippen LogP contribution >= 0.6 is 11.6 Å². The Hall–Kier alpha value is -1.43. The van der Waals surface area contributed by atoms with E-state index in [1.165, 1.54) is 0 Å². The van der Waals surface area contributed by atoms with Gasteiger partial charge in [-0.15, -0.1) is 0 Å². The fourth-order valence-electron chi connectivity index (χ4n) is 0.762. The standard InChI is InChI=1S/C6H3ClF2N2O2/c7-2-1-3(8)5(10)4(9)6(2)11(12)13/h1H,10H2. The summed E-state index contributed by atoms with van der Waals surface area (Å²) in [6.07, 6.45) is 0. The summed E-state index contributed by atoms with van der Waals surface area (Å²) in [4.78, 5) is 9.15. The summed E-state index contributed by atoms with van der Waals surface area (Å²) in [7, 11) is 0. The monoisotopic (exact) mass is 208 g/mol. The number of nitrogens with two attached hydrogens (primary N) is 1. The minimum Gasteiger partial charge on any atom is -0.394 e. The Morgan fingerprint density at radius 2 is 2.08 bits per heavy atom. The second-order valence-corrected chi connectivity index (χ2v) is 2.58. The minimum atomic E-state index is -1.45. The molecule has 1 rings (SSSR count). The predicted octanol–water partition coefficient (Wildman–Crippen LogP) is 2.11. The number of nitro groups is 1. The van der Waals surface area contributed by atoms with Crippen molar-refractivity contribution in [2.75, 3.05) is 5.73 Å². The van der Waals surface area contributed by atoms with Gasteiger partial charge in [-0.2, -0.15) is 4.39 Å². The molecule has 0 aliphatic rings. The Kier molecular flexibility index (Phi) is 2.33. The molecule has 0 heterocycles. The molecular formula is C6H3ClF2N2O2. The summed E-state index contributed by atoms with van der Waals surface area (Å²) < 4.78 is 25.5. The van der Waals surface area contributed by atoms with Gasteiger partial charge in [-0.1, -0.05) is 11.6 Å². The zero-order valence-corrected chi connectivity index (χ0v) is 6.81. The quantitative estimate of drug-likeness (QED) is 0.437. The number of nitro benzene ring substituents is 1. The van der Waals surface area contributed by atoms with Crippen molar-refractivity contribution in [2.45, 2.75) is 0 Å². The van der Waals surface area contributed by atoms with Crippen LogP contribution in [0.3, 0.4) is 0 Å². The lowest BCUT2D eigenvalue weighted by Gasteiger charge is -2.00. The topological polar surface area (TPSA) is 69.2 Å². The molecule has 0 aliphatic heterocycles. The summed E-state index contributed by atoms with van der Waals surface area (Å²) in [5.41, 5.74) is 2.96. The van der Waals surface area contributed by atoms with Crippen molar-refractivity contribution < 1.29 is 13.7 Å². The molecule has 0 amide bonds. The number of nitrogens with zero attached hydrogens (tertiary/aromatic N) is 1. The molecule has 70 valence electrons. The predicted molar refractivity (Wildman–Crippen MR) is 42.4 cm³/mol. The number of hydrogen-bond acceptors (Lipinski definition) is 3. The van der Waals surface area contributed by atoms with Crippen LogP contribution in [0.4, 0.5) is 20.2 Å². The highest BCUT2D eigenvalue weighted by molar-refractivity contribution is 6.32. The van der Waals surface area contributed by atoms with Crippen LogP contribution in [-0.2, 0) is 0 Å². The van der Waals surface area contributed by atoms with Crippen molar-refractivity contribution in [3.05, 3.63) is 32.8 Å². The number of nitrogen functional groups attached to an aromatic ring is 1. The van der Waals surface area contributed by atoms with Gasteiger partial charge in [-0.3, -0.25) is 10.1 Å². The number of anilines is 1. The molecule has 0 aliphatic carbocycles. The minimum absolute atomic E-state index is 0.595. The number of halogens is 3. The van der Waals surface area contributed by atoms with Crippen LogP contribution < -0.4 is 5.73 Å². The molecule has 0 unspecified atom stereocenters. The average molecular weight is 209 g/mol. The van der Waals surface area contributed by atoms with E-state index in [2.05, 4.69) is 0 Å². The lowest BCUT2D eigenvalue weighted by atomic mass is 10.2. The summed E-state index contributed by atoms with van der Waals surface area (Å²) in [6.45, 7) is 0. The summed E-state index contributed by atoms with van der Waals surface area (Å²) in [6, 6.07) is 0.595. The molecular weight excluding hydrogens is 206 g/mol. The first-order valence-electron chi connectivity index (χ1n) is 3.02. The zero-order valence-electron chi connectivity index (χ0n) is 6.05. The normalized spacial score (nSPS) is 10.1. The van der Waals surface area contributed by atoms with Crippen LogP contribution in [0.25, 0.3) is 0 Å². The highest BCUT2D eigenvalue weighted by atomic mass is 35.5. The van der Waals surface area contributed by atoms with E-state index in [1.54, 1.807) is 0 Å². The first-order chi connectivity index (χ1) is 5.95. The van der Waals surface area contributed by atoms with Gasteiger partial charge < -0.3 is 5.73 Å². The van der Waals surface area contributed by atoms with Crippen LogP contribution in [0.5, 0.6) is 0 Å². The number of rotatable bonds is 1. The third-order valence-corrected chi connectivity index (χ3v) is 1.65. The van der Waals surface area contributed by atoms with Gasteiger partial charge in [0, 0.05) is 6.07 Å². The third-order valence-electron chi connectivity index (χ3n) is 1.36. The zero-order chi connectivity index (χ0) is 10.2. The fourth-order valence-corrected chi connectivity index (χ4v) is 1.01. The summed E-state index contributed by atoms with van der Waals surface area (Å²) >= 11 is 5.22. The molecule has 13 heavy (non-hydrogen) atoms. The van der Waals surface area contributed by atoms with E-state index >= 15 is 0 Å². The molecule has 0 atom stereocenters. The molecule has 1 aromatic rings. The van der Waals surface area contributed by atoms with E-state index in [4.69, 9.17) is 17.3 Å². The Labute approximate surface area is 76.1 Å². The Balaban J connectivity index is 3.53. The van der Waals surface area contributed by atoms with Crippen molar-refractivity contribution in [2.24, 2.45) is 0 Å². The van der Waals surface area contributed by atoms with Crippen LogP contribution in [-0.4, -0.2) is 4.92 Å². The molecule has 4 nitrogen and oxygen atoms in total. The van der Waals surface area contributed by atoms with Gasteiger partial charge >= 0.3 is 5.69 Å². The van der Waals surface area contributed by atoms with Crippen LogP contribution in [0.2, 0.25) is 5.02 Å². The van der Waals surface area contributed by atoms with Gasteiger partial charge in [0.1, 0.15) is 10.7 Å². The fraction of sp³-hybridized carbons (Fsp3) is 0. The Morgan fingerprint density at radius 1 is 1.54 bits per heavy atom. The Morgan fingerprint density at radius 3 is 2.54 bits per heavy atom. The Bertz CT molecular complexity index is 383. The van der Waals surface area contributed by atoms with Gasteiger partial charge in [-0.05, 0) is 0 Å². The molecule has 0 spiro atoms. The molecule has 0 saturated heterocycles. The van der Waals surface area contributed by atoms with E-state index in [9.17, 15) is 18.9 Å². The number of benzene rings is 1. The van der Waals surface area contributed by atoms with Crippen LogP contribution in [0.1, 0.15) is 0 Å². The van der Waals surface area contributed by atoms with Crippen molar-refractivity contribution in [3.63, 3.8) is 0 Å². The first-order valence-corrected chi connectivity index (χ1v) is 3.40. The van der Waals surface area contributed by atoms with E-state index in [0.29, 0.717) is 6.07 Å². The first kappa shape index (κ1) is 9.66. The van der Waals surface area contributed by atoms with Gasteiger partial charge in [0.2, 0.25) is 5.82 Å². The summed E-state index contributed by atoms with van der Waals surface area (Å²) in [5.74, 6) is -2.57. The number of hydrogen-bond donors (Lipinski definition) is 1. The average Bonchev–Trinajstić information content (AvgIpc) is 1.99. The highest BCUT2D eigenvalue weighted by Gasteiger charge is 2.24. The van der Waals surface area contributed by atoms with Crippen LogP contribution in [0.15, 0.2) is 6.07 Å². The van der Waals surface area contributed by atoms with E-state index in [0.717, 1.165) is 0 Å². The van der Waals surface area contributed by atoms with Gasteiger partial charge in [0.05, 0.1) is 4.92 Å². The molecule has 1 aromatic carbocycles. The maximum absolute atomic E-state index is 12.9. The molecule has 0 saturated carbocycles.